The zero-order valence-electron chi connectivity index (χ0n) is 16.2. The van der Waals surface area contributed by atoms with Crippen molar-refractivity contribution >= 4 is 40.9 Å². The van der Waals surface area contributed by atoms with Gasteiger partial charge in [0.25, 0.3) is 0 Å². The molecule has 1 aromatic carbocycles. The minimum Gasteiger partial charge on any atom is -0.390 e. The molecule has 5 rings (SSSR count). The number of rotatable bonds is 5. The first-order valence-corrected chi connectivity index (χ1v) is 10.3. The van der Waals surface area contributed by atoms with E-state index in [0.717, 1.165) is 6.42 Å². The van der Waals surface area contributed by atoms with E-state index in [9.17, 15) is 10.2 Å². The lowest BCUT2D eigenvalue weighted by Gasteiger charge is -2.25. The van der Waals surface area contributed by atoms with E-state index in [0.29, 0.717) is 34.6 Å². The third kappa shape index (κ3) is 2.69. The van der Waals surface area contributed by atoms with Crippen LogP contribution in [0.15, 0.2) is 41.5 Å². The highest BCUT2D eigenvalue weighted by atomic mass is 35.5. The van der Waals surface area contributed by atoms with Crippen molar-refractivity contribution in [3.63, 3.8) is 0 Å². The fraction of sp³-hybridized carbons (Fsp3) is 0.364. The minimum absolute atomic E-state index is 0.0941. The van der Waals surface area contributed by atoms with Crippen LogP contribution in [0.2, 0.25) is 5.02 Å². The molecule has 0 unspecified atom stereocenters. The van der Waals surface area contributed by atoms with Gasteiger partial charge in [0.05, 0.1) is 17.2 Å². The van der Waals surface area contributed by atoms with E-state index < -0.39 is 23.4 Å². The fourth-order valence-electron chi connectivity index (χ4n) is 5.28. The van der Waals surface area contributed by atoms with E-state index in [1.54, 1.807) is 18.2 Å². The Morgan fingerprint density at radius 1 is 1.37 bits per heavy atom. The Kier molecular flexibility index (Phi) is 4.39. The Hall–Kier alpha value is -2.48. The number of nitrogens with zero attached hydrogens (tertiary/aromatic N) is 3. The number of aliphatic hydroxyl groups is 2. The van der Waals surface area contributed by atoms with Crippen LogP contribution in [0.3, 0.4) is 0 Å². The number of aliphatic imine (C=N–C) groups is 1. The number of aryl methyl sites for hydroxylation is 1. The quantitative estimate of drug-likeness (QED) is 0.540. The average Bonchev–Trinajstić information content (AvgIpc) is 3.17. The smallest absolute Gasteiger partial charge is 0.152 e. The molecule has 8 heteroatoms. The third-order valence-electron chi connectivity index (χ3n) is 6.94. The highest BCUT2D eigenvalue weighted by Crippen LogP contribution is 2.70. The second-order valence-corrected chi connectivity index (χ2v) is 8.77. The molecule has 5 atom stereocenters. The van der Waals surface area contributed by atoms with E-state index in [1.807, 2.05) is 22.9 Å². The molecule has 0 aliphatic heterocycles. The van der Waals surface area contributed by atoms with Crippen LogP contribution in [0.5, 0.6) is 0 Å². The van der Waals surface area contributed by atoms with Gasteiger partial charge in [0.2, 0.25) is 0 Å². The second kappa shape index (κ2) is 6.77. The highest BCUT2D eigenvalue weighted by molar-refractivity contribution is 6.33. The van der Waals surface area contributed by atoms with E-state index in [1.165, 1.54) is 0 Å². The average molecular weight is 429 g/mol. The summed E-state index contributed by atoms with van der Waals surface area (Å²) in [5.74, 6) is 0.442. The minimum atomic E-state index is -0.901. The van der Waals surface area contributed by atoms with Crippen molar-refractivity contribution in [1.82, 2.24) is 9.55 Å². The van der Waals surface area contributed by atoms with Gasteiger partial charge in [-0.05, 0) is 55.7 Å². The molecule has 0 saturated heterocycles. The number of fused-ring (bicyclic) bond motifs is 2. The Labute approximate surface area is 177 Å². The lowest BCUT2D eigenvalue weighted by Crippen LogP contribution is -2.34. The van der Waals surface area contributed by atoms with Gasteiger partial charge >= 0.3 is 0 Å². The molecule has 0 bridgehead atoms. The van der Waals surface area contributed by atoms with Crippen LogP contribution < -0.4 is 5.73 Å². The molecule has 2 aliphatic rings. The van der Waals surface area contributed by atoms with Gasteiger partial charge in [-0.1, -0.05) is 23.7 Å². The zero-order chi connectivity index (χ0) is 21.2. The van der Waals surface area contributed by atoms with Crippen LogP contribution in [-0.2, 0) is 6.42 Å². The maximum atomic E-state index is 15.1. The molecule has 0 radical (unpaired) electrons. The van der Waals surface area contributed by atoms with Crippen LogP contribution in [0.1, 0.15) is 24.4 Å². The third-order valence-corrected chi connectivity index (χ3v) is 7.24. The van der Waals surface area contributed by atoms with Crippen molar-refractivity contribution in [3.05, 3.63) is 52.9 Å². The number of anilines is 1. The summed E-state index contributed by atoms with van der Waals surface area (Å²) in [7, 11) is 0. The number of hydrogen-bond acceptors (Lipinski definition) is 5. The van der Waals surface area contributed by atoms with Gasteiger partial charge in [-0.25, -0.2) is 14.4 Å². The van der Waals surface area contributed by atoms with E-state index in [2.05, 4.69) is 16.7 Å². The largest absolute Gasteiger partial charge is 0.390 e. The predicted octanol–water partition coefficient (Wildman–Crippen LogP) is 3.66. The van der Waals surface area contributed by atoms with Gasteiger partial charge in [-0.2, -0.15) is 0 Å². The molecular formula is C22H22ClFN4O2. The van der Waals surface area contributed by atoms with Crippen molar-refractivity contribution in [3.8, 4) is 0 Å². The molecular weight excluding hydrogens is 407 g/mol. The molecule has 3 aromatic rings. The fourth-order valence-corrected chi connectivity index (χ4v) is 5.44. The number of aromatic nitrogens is 2. The first-order valence-electron chi connectivity index (χ1n) is 9.90. The number of hydrogen-bond donors (Lipinski definition) is 3. The van der Waals surface area contributed by atoms with Gasteiger partial charge in [-0.3, -0.25) is 0 Å². The van der Waals surface area contributed by atoms with Crippen LogP contribution >= 0.6 is 11.6 Å². The number of aliphatic hydroxyl groups excluding tert-OH is 2. The van der Waals surface area contributed by atoms with Gasteiger partial charge in [-0.15, -0.1) is 0 Å². The molecule has 2 aromatic heterocycles. The second-order valence-electron chi connectivity index (χ2n) is 8.37. The van der Waals surface area contributed by atoms with Crippen LogP contribution in [0, 0.1) is 17.2 Å². The summed E-state index contributed by atoms with van der Waals surface area (Å²) in [4.78, 5) is 8.10. The summed E-state index contributed by atoms with van der Waals surface area (Å²) in [6.07, 6.45) is 1.85. The molecule has 2 aliphatic carbocycles. The van der Waals surface area contributed by atoms with Crippen molar-refractivity contribution in [2.75, 3.05) is 5.73 Å². The Bertz CT molecular complexity index is 1170. The summed E-state index contributed by atoms with van der Waals surface area (Å²) in [5, 5.41) is 22.4. The predicted molar refractivity (Wildman–Crippen MR) is 115 cm³/mol. The zero-order valence-corrected chi connectivity index (χ0v) is 16.9. The van der Waals surface area contributed by atoms with Gasteiger partial charge in [0.15, 0.2) is 5.82 Å². The SMILES string of the molecule is C=Nc1cccn1[C@H]1[C@H](O)[C@H](O)[C@@]2(CCc3ccc4cc(Cl)c(N)nc4c3F)C[C@H]12. The Morgan fingerprint density at radius 2 is 2.17 bits per heavy atom. The van der Waals surface area contributed by atoms with Crippen LogP contribution in [-0.4, -0.2) is 38.7 Å². The highest BCUT2D eigenvalue weighted by Gasteiger charge is 2.70. The number of benzene rings is 1. The van der Waals surface area contributed by atoms with Crippen LogP contribution in [0.25, 0.3) is 10.9 Å². The summed E-state index contributed by atoms with van der Waals surface area (Å²) < 4.78 is 17.0. The monoisotopic (exact) mass is 428 g/mol. The standard InChI is InChI=1S/C22H22ClFN4O2/c1-26-15-3-2-8-28(15)18-13-10-22(13,20(30)19(18)29)7-6-11-4-5-12-9-14(23)21(25)27-17(12)16(11)24/h2-5,8-9,13,18-20,29-30H,1,6-7,10H2,(H2,25,27)/t13-,18-,19+,20+,22+/m1/s1. The van der Waals surface area contributed by atoms with Crippen molar-refractivity contribution in [2.45, 2.75) is 37.5 Å². The maximum Gasteiger partial charge on any atom is 0.152 e. The molecule has 6 nitrogen and oxygen atoms in total. The van der Waals surface area contributed by atoms with Crippen molar-refractivity contribution < 1.29 is 14.6 Å². The van der Waals surface area contributed by atoms with E-state index >= 15 is 4.39 Å². The molecule has 4 N–H and O–H groups in total. The van der Waals surface area contributed by atoms with Crippen molar-refractivity contribution in [1.29, 1.82) is 0 Å². The molecule has 30 heavy (non-hydrogen) atoms. The first kappa shape index (κ1) is 19.5. The van der Waals surface area contributed by atoms with Crippen LogP contribution in [0.4, 0.5) is 16.0 Å². The molecule has 2 fully saturated rings. The van der Waals surface area contributed by atoms with E-state index in [-0.39, 0.29) is 23.3 Å². The summed E-state index contributed by atoms with van der Waals surface area (Å²) in [5.41, 5.74) is 6.01. The number of nitrogen functional groups attached to an aromatic ring is 1. The maximum absolute atomic E-state index is 15.1. The molecule has 0 spiro atoms. The number of nitrogens with two attached hydrogens (primary N) is 1. The van der Waals surface area contributed by atoms with Gasteiger partial charge in [0, 0.05) is 17.0 Å². The molecule has 2 heterocycles. The van der Waals surface area contributed by atoms with Gasteiger partial charge in [0.1, 0.15) is 23.3 Å². The Morgan fingerprint density at radius 3 is 2.93 bits per heavy atom. The lowest BCUT2D eigenvalue weighted by atomic mass is 9.91. The molecule has 2 saturated carbocycles. The molecule has 156 valence electrons. The number of halogens is 2. The Balaban J connectivity index is 1.40. The topological polar surface area (TPSA) is 96.7 Å². The van der Waals surface area contributed by atoms with Crippen molar-refractivity contribution in [2.24, 2.45) is 16.3 Å². The molecule has 0 amide bonds. The normalized spacial score (nSPS) is 29.9. The lowest BCUT2D eigenvalue weighted by molar-refractivity contribution is -0.0194. The van der Waals surface area contributed by atoms with E-state index in [4.69, 9.17) is 17.3 Å². The summed E-state index contributed by atoms with van der Waals surface area (Å²) >= 11 is 5.98. The number of pyridine rings is 1. The van der Waals surface area contributed by atoms with Gasteiger partial charge < -0.3 is 20.5 Å². The summed E-state index contributed by atoms with van der Waals surface area (Å²) in [6, 6.07) is 8.51. The first-order chi connectivity index (χ1) is 14.4. The summed E-state index contributed by atoms with van der Waals surface area (Å²) in [6.45, 7) is 3.58.